The van der Waals surface area contributed by atoms with Gasteiger partial charge in [0.05, 0.1) is 0 Å². The van der Waals surface area contributed by atoms with E-state index in [0.29, 0.717) is 5.56 Å². The maximum Gasteiger partial charge on any atom is 0.303 e. The third-order valence-corrected chi connectivity index (χ3v) is 1.72. The number of aryl methyl sites for hydroxylation is 1. The highest BCUT2D eigenvalue weighted by Gasteiger charge is 2.02. The van der Waals surface area contributed by atoms with Gasteiger partial charge < -0.3 is 10.1 Å². The molecule has 1 heterocycles. The molecular formula is C7H8N2O3S. The van der Waals surface area contributed by atoms with Crippen molar-refractivity contribution in [3.05, 3.63) is 26.9 Å². The van der Waals surface area contributed by atoms with Gasteiger partial charge in [0.2, 0.25) is 0 Å². The first-order valence-electron chi connectivity index (χ1n) is 3.62. The molecule has 0 saturated heterocycles. The summed E-state index contributed by atoms with van der Waals surface area (Å²) in [6, 6.07) is 0. The highest BCUT2D eigenvalue weighted by molar-refractivity contribution is 7.71. The molecule has 0 aliphatic rings. The molecule has 0 saturated carbocycles. The van der Waals surface area contributed by atoms with Crippen LogP contribution in [-0.4, -0.2) is 21.0 Å². The number of aliphatic carboxylic acids is 1. The van der Waals surface area contributed by atoms with E-state index in [4.69, 9.17) is 5.11 Å². The van der Waals surface area contributed by atoms with Crippen molar-refractivity contribution in [2.45, 2.75) is 12.8 Å². The Labute approximate surface area is 78.4 Å². The number of aromatic amines is 2. The van der Waals surface area contributed by atoms with Gasteiger partial charge in [0.1, 0.15) is 0 Å². The summed E-state index contributed by atoms with van der Waals surface area (Å²) >= 11 is 4.67. The van der Waals surface area contributed by atoms with E-state index in [1.165, 1.54) is 6.20 Å². The first-order valence-corrected chi connectivity index (χ1v) is 4.03. The molecule has 0 unspecified atom stereocenters. The van der Waals surface area contributed by atoms with Crippen LogP contribution in [0.25, 0.3) is 0 Å². The van der Waals surface area contributed by atoms with Crippen LogP contribution in [0.5, 0.6) is 0 Å². The second kappa shape index (κ2) is 3.99. The summed E-state index contributed by atoms with van der Waals surface area (Å²) in [4.78, 5) is 26.3. The third kappa shape index (κ3) is 2.83. The maximum absolute atomic E-state index is 11.1. The van der Waals surface area contributed by atoms with Crippen LogP contribution in [-0.2, 0) is 11.2 Å². The van der Waals surface area contributed by atoms with Crippen LogP contribution in [0, 0.1) is 4.77 Å². The fraction of sp³-hybridized carbons (Fsp3) is 0.286. The lowest BCUT2D eigenvalue weighted by atomic mass is 10.2. The summed E-state index contributed by atoms with van der Waals surface area (Å²) in [6.07, 6.45) is 1.58. The van der Waals surface area contributed by atoms with Gasteiger partial charge in [-0.3, -0.25) is 14.6 Å². The smallest absolute Gasteiger partial charge is 0.303 e. The number of hydrogen-bond acceptors (Lipinski definition) is 3. The van der Waals surface area contributed by atoms with E-state index in [1.807, 2.05) is 0 Å². The van der Waals surface area contributed by atoms with E-state index in [-0.39, 0.29) is 23.2 Å². The molecule has 0 atom stereocenters. The number of hydrogen-bond donors (Lipinski definition) is 3. The van der Waals surface area contributed by atoms with Gasteiger partial charge in [-0.2, -0.15) is 0 Å². The molecular weight excluding hydrogens is 192 g/mol. The summed E-state index contributed by atoms with van der Waals surface area (Å²) in [5.41, 5.74) is 0.0704. The highest BCUT2D eigenvalue weighted by Crippen LogP contribution is 1.93. The average molecular weight is 200 g/mol. The van der Waals surface area contributed by atoms with Crippen molar-refractivity contribution in [3.8, 4) is 0 Å². The molecule has 5 nitrogen and oxygen atoms in total. The second-order valence-corrected chi connectivity index (χ2v) is 2.90. The number of carboxylic acids is 1. The van der Waals surface area contributed by atoms with Crippen LogP contribution in [0.4, 0.5) is 0 Å². The Morgan fingerprint density at radius 3 is 2.85 bits per heavy atom. The van der Waals surface area contributed by atoms with Gasteiger partial charge in [0.25, 0.3) is 5.56 Å². The van der Waals surface area contributed by atoms with Crippen LogP contribution >= 0.6 is 12.2 Å². The molecule has 0 radical (unpaired) electrons. The molecule has 0 fully saturated rings. The Morgan fingerprint density at radius 1 is 1.62 bits per heavy atom. The number of H-pyrrole nitrogens is 2. The van der Waals surface area contributed by atoms with Crippen molar-refractivity contribution in [2.24, 2.45) is 0 Å². The molecule has 0 aromatic carbocycles. The summed E-state index contributed by atoms with van der Waals surface area (Å²) in [5, 5.41) is 8.38. The monoisotopic (exact) mass is 200 g/mol. The van der Waals surface area contributed by atoms with Crippen molar-refractivity contribution in [3.63, 3.8) is 0 Å². The lowest BCUT2D eigenvalue weighted by Gasteiger charge is -1.95. The fourth-order valence-corrected chi connectivity index (χ4v) is 1.02. The van der Waals surface area contributed by atoms with Crippen LogP contribution in [0.3, 0.4) is 0 Å². The zero-order valence-electron chi connectivity index (χ0n) is 6.66. The Balaban J connectivity index is 2.84. The van der Waals surface area contributed by atoms with E-state index in [0.717, 1.165) is 0 Å². The zero-order chi connectivity index (χ0) is 9.84. The minimum Gasteiger partial charge on any atom is -0.481 e. The van der Waals surface area contributed by atoms with Crippen LogP contribution in [0.15, 0.2) is 11.0 Å². The molecule has 6 heteroatoms. The predicted molar refractivity (Wildman–Crippen MR) is 48.2 cm³/mol. The molecule has 1 rings (SSSR count). The van der Waals surface area contributed by atoms with Gasteiger partial charge in [-0.1, -0.05) is 0 Å². The van der Waals surface area contributed by atoms with E-state index in [2.05, 4.69) is 22.2 Å². The van der Waals surface area contributed by atoms with Crippen LogP contribution < -0.4 is 5.56 Å². The summed E-state index contributed by atoms with van der Waals surface area (Å²) in [6.45, 7) is 0. The molecule has 0 bridgehead atoms. The van der Waals surface area contributed by atoms with Gasteiger partial charge >= 0.3 is 5.97 Å². The minimum absolute atomic E-state index is 0.0618. The minimum atomic E-state index is -0.929. The number of carbonyl (C=O) groups is 1. The molecule has 1 aromatic heterocycles. The van der Waals surface area contributed by atoms with Gasteiger partial charge in [-0.15, -0.1) is 0 Å². The fourth-order valence-electron chi connectivity index (χ4n) is 0.865. The topological polar surface area (TPSA) is 85.9 Å². The van der Waals surface area contributed by atoms with Crippen molar-refractivity contribution >= 4 is 18.2 Å². The number of aromatic nitrogens is 2. The summed E-state index contributed by atoms with van der Waals surface area (Å²) in [7, 11) is 0. The molecule has 0 aliphatic heterocycles. The van der Waals surface area contributed by atoms with E-state index in [9.17, 15) is 9.59 Å². The van der Waals surface area contributed by atoms with Crippen LogP contribution in [0.1, 0.15) is 12.0 Å². The molecule has 13 heavy (non-hydrogen) atoms. The van der Waals surface area contributed by atoms with E-state index >= 15 is 0 Å². The van der Waals surface area contributed by atoms with E-state index < -0.39 is 5.97 Å². The molecule has 1 aromatic rings. The highest BCUT2D eigenvalue weighted by atomic mass is 32.1. The van der Waals surface area contributed by atoms with Crippen molar-refractivity contribution in [1.82, 2.24) is 9.97 Å². The van der Waals surface area contributed by atoms with Gasteiger partial charge in [0, 0.05) is 18.2 Å². The Hall–Kier alpha value is -1.43. The molecule has 0 amide bonds. The number of nitrogens with one attached hydrogen (secondary N) is 2. The predicted octanol–water partition coefficient (Wildman–Crippen LogP) is 0.450. The van der Waals surface area contributed by atoms with E-state index in [1.54, 1.807) is 0 Å². The second-order valence-electron chi connectivity index (χ2n) is 2.49. The summed E-state index contributed by atoms with van der Waals surface area (Å²) < 4.78 is 0.240. The zero-order valence-corrected chi connectivity index (χ0v) is 7.48. The molecule has 3 N–H and O–H groups in total. The first kappa shape index (κ1) is 9.66. The Bertz CT molecular complexity index is 420. The molecule has 70 valence electrons. The normalized spacial score (nSPS) is 9.85. The first-order chi connectivity index (χ1) is 6.09. The quantitative estimate of drug-likeness (QED) is 0.618. The third-order valence-electron chi connectivity index (χ3n) is 1.50. The standard InChI is InChI=1S/C7H8N2O3S/c10-5(11)2-1-4-3-8-7(13)9-6(4)12/h3H,1-2H2,(H,10,11)(H2,8,9,12,13). The molecule has 0 aliphatic carbocycles. The lowest BCUT2D eigenvalue weighted by molar-refractivity contribution is -0.136. The van der Waals surface area contributed by atoms with Crippen molar-refractivity contribution < 1.29 is 9.90 Å². The Morgan fingerprint density at radius 2 is 2.31 bits per heavy atom. The van der Waals surface area contributed by atoms with Gasteiger partial charge in [0.15, 0.2) is 4.77 Å². The molecule has 0 spiro atoms. The van der Waals surface area contributed by atoms with Crippen molar-refractivity contribution in [2.75, 3.05) is 0 Å². The lowest BCUT2D eigenvalue weighted by Crippen LogP contribution is -2.14. The maximum atomic E-state index is 11.1. The summed E-state index contributed by atoms with van der Waals surface area (Å²) in [5.74, 6) is -0.929. The van der Waals surface area contributed by atoms with Gasteiger partial charge in [-0.25, -0.2) is 0 Å². The average Bonchev–Trinajstić information content (AvgIpc) is 2.02. The Kier molecular flexibility index (Phi) is 2.97. The van der Waals surface area contributed by atoms with Crippen molar-refractivity contribution in [1.29, 1.82) is 0 Å². The number of carboxylic acid groups (broad SMARTS) is 1. The van der Waals surface area contributed by atoms with Gasteiger partial charge in [-0.05, 0) is 18.6 Å². The number of rotatable bonds is 3. The van der Waals surface area contributed by atoms with Crippen LogP contribution in [0.2, 0.25) is 0 Å². The largest absolute Gasteiger partial charge is 0.481 e. The SMILES string of the molecule is O=C(O)CCc1c[nH]c(=S)[nH]c1=O.